The lowest BCUT2D eigenvalue weighted by Gasteiger charge is -2.03. The third-order valence-corrected chi connectivity index (χ3v) is 2.00. The number of hydrogen-bond donors (Lipinski definition) is 1. The second-order valence-corrected chi connectivity index (χ2v) is 3.22. The Morgan fingerprint density at radius 2 is 2.08 bits per heavy atom. The minimum Gasteiger partial charge on any atom is -0.376 e. The standard InChI is InChI=1S/C9H11ClOS/c10-9-4-2-1-3-8(9)7-11-5-6-12/h1-4,12H,5-7H2. The lowest BCUT2D eigenvalue weighted by molar-refractivity contribution is 0.137. The molecule has 1 rings (SSSR count). The molecular formula is C9H11ClOS. The second kappa shape index (κ2) is 5.46. The normalized spacial score (nSPS) is 10.2. The number of hydrogen-bond acceptors (Lipinski definition) is 2. The minimum atomic E-state index is 0.570. The molecule has 0 heterocycles. The zero-order chi connectivity index (χ0) is 8.81. The number of halogens is 1. The molecule has 0 aromatic heterocycles. The molecule has 1 nitrogen and oxygen atoms in total. The highest BCUT2D eigenvalue weighted by atomic mass is 35.5. The first-order valence-electron chi connectivity index (χ1n) is 3.76. The van der Waals surface area contributed by atoms with Gasteiger partial charge < -0.3 is 4.74 Å². The molecule has 0 unspecified atom stereocenters. The molecule has 0 atom stereocenters. The van der Waals surface area contributed by atoms with Crippen LogP contribution in [-0.2, 0) is 11.3 Å². The van der Waals surface area contributed by atoms with E-state index in [1.807, 2.05) is 24.3 Å². The Kier molecular flexibility index (Phi) is 4.51. The van der Waals surface area contributed by atoms with Crippen LogP contribution in [0.2, 0.25) is 5.02 Å². The Morgan fingerprint density at radius 3 is 2.75 bits per heavy atom. The fraction of sp³-hybridized carbons (Fsp3) is 0.333. The first-order chi connectivity index (χ1) is 5.84. The fourth-order valence-electron chi connectivity index (χ4n) is 0.862. The first-order valence-corrected chi connectivity index (χ1v) is 4.77. The molecule has 0 aliphatic heterocycles. The maximum absolute atomic E-state index is 5.90. The van der Waals surface area contributed by atoms with Crippen LogP contribution in [-0.4, -0.2) is 12.4 Å². The molecule has 0 N–H and O–H groups in total. The lowest BCUT2D eigenvalue weighted by atomic mass is 10.2. The maximum atomic E-state index is 5.90. The summed E-state index contributed by atoms with van der Waals surface area (Å²) < 4.78 is 5.29. The minimum absolute atomic E-state index is 0.570. The lowest BCUT2D eigenvalue weighted by Crippen LogP contribution is -1.96. The quantitative estimate of drug-likeness (QED) is 0.584. The van der Waals surface area contributed by atoms with Gasteiger partial charge in [0.05, 0.1) is 13.2 Å². The van der Waals surface area contributed by atoms with Gasteiger partial charge >= 0.3 is 0 Å². The molecule has 0 aliphatic carbocycles. The number of thiol groups is 1. The third-order valence-electron chi connectivity index (χ3n) is 1.45. The Bertz CT molecular complexity index is 240. The molecule has 0 aliphatic rings. The molecule has 3 heteroatoms. The van der Waals surface area contributed by atoms with Crippen LogP contribution >= 0.6 is 24.2 Å². The Hall–Kier alpha value is -0.180. The summed E-state index contributed by atoms with van der Waals surface area (Å²) >= 11 is 9.94. The Balaban J connectivity index is 2.46. The number of ether oxygens (including phenoxy) is 1. The Labute approximate surface area is 83.1 Å². The van der Waals surface area contributed by atoms with Gasteiger partial charge in [0.2, 0.25) is 0 Å². The van der Waals surface area contributed by atoms with E-state index in [1.54, 1.807) is 0 Å². The molecule has 66 valence electrons. The van der Waals surface area contributed by atoms with E-state index in [4.69, 9.17) is 16.3 Å². The van der Waals surface area contributed by atoms with Crippen molar-refractivity contribution < 1.29 is 4.74 Å². The fourth-order valence-corrected chi connectivity index (χ4v) is 1.18. The van der Waals surface area contributed by atoms with Crippen LogP contribution in [0, 0.1) is 0 Å². The van der Waals surface area contributed by atoms with E-state index >= 15 is 0 Å². The van der Waals surface area contributed by atoms with Crippen LogP contribution in [0.4, 0.5) is 0 Å². The van der Waals surface area contributed by atoms with Crippen LogP contribution < -0.4 is 0 Å². The van der Waals surface area contributed by atoms with Crippen LogP contribution in [0.15, 0.2) is 24.3 Å². The molecule has 1 aromatic rings. The SMILES string of the molecule is SCCOCc1ccccc1Cl. The summed E-state index contributed by atoms with van der Waals surface area (Å²) in [5, 5.41) is 0.761. The first kappa shape index (κ1) is 9.90. The van der Waals surface area contributed by atoms with E-state index in [0.717, 1.165) is 16.3 Å². The van der Waals surface area contributed by atoms with Crippen molar-refractivity contribution in [3.05, 3.63) is 34.9 Å². The predicted octanol–water partition coefficient (Wildman–Crippen LogP) is 2.79. The van der Waals surface area contributed by atoms with Gasteiger partial charge in [0.1, 0.15) is 0 Å². The van der Waals surface area contributed by atoms with Gasteiger partial charge in [0.25, 0.3) is 0 Å². The number of benzene rings is 1. The number of rotatable bonds is 4. The van der Waals surface area contributed by atoms with Crippen molar-refractivity contribution in [2.24, 2.45) is 0 Å². The van der Waals surface area contributed by atoms with Gasteiger partial charge in [-0.3, -0.25) is 0 Å². The van der Waals surface area contributed by atoms with Crippen LogP contribution in [0.25, 0.3) is 0 Å². The van der Waals surface area contributed by atoms with Gasteiger partial charge in [0.15, 0.2) is 0 Å². The van der Waals surface area contributed by atoms with Crippen molar-refractivity contribution in [1.82, 2.24) is 0 Å². The summed E-state index contributed by atoms with van der Waals surface area (Å²) in [6.45, 7) is 1.23. The van der Waals surface area contributed by atoms with Gasteiger partial charge in [-0.2, -0.15) is 12.6 Å². The summed E-state index contributed by atoms with van der Waals surface area (Å²) in [6.07, 6.45) is 0. The molecule has 0 saturated heterocycles. The molecule has 0 saturated carbocycles. The molecule has 0 spiro atoms. The molecular weight excluding hydrogens is 192 g/mol. The summed E-state index contributed by atoms with van der Waals surface area (Å²) in [5.41, 5.74) is 1.03. The summed E-state index contributed by atoms with van der Waals surface area (Å²) in [5.74, 6) is 0.741. The summed E-state index contributed by atoms with van der Waals surface area (Å²) in [7, 11) is 0. The zero-order valence-corrected chi connectivity index (χ0v) is 8.31. The Morgan fingerprint density at radius 1 is 1.33 bits per heavy atom. The van der Waals surface area contributed by atoms with Crippen molar-refractivity contribution in [3.8, 4) is 0 Å². The summed E-state index contributed by atoms with van der Waals surface area (Å²) in [4.78, 5) is 0. The van der Waals surface area contributed by atoms with Gasteiger partial charge in [-0.05, 0) is 11.6 Å². The predicted molar refractivity (Wildman–Crippen MR) is 55.0 cm³/mol. The van der Waals surface area contributed by atoms with Gasteiger partial charge in [-0.25, -0.2) is 0 Å². The summed E-state index contributed by atoms with van der Waals surface area (Å²) in [6, 6.07) is 7.68. The monoisotopic (exact) mass is 202 g/mol. The van der Waals surface area contributed by atoms with Crippen molar-refractivity contribution in [3.63, 3.8) is 0 Å². The second-order valence-electron chi connectivity index (χ2n) is 2.37. The van der Waals surface area contributed by atoms with Crippen molar-refractivity contribution in [2.45, 2.75) is 6.61 Å². The van der Waals surface area contributed by atoms with Crippen LogP contribution in [0.5, 0.6) is 0 Å². The van der Waals surface area contributed by atoms with E-state index in [9.17, 15) is 0 Å². The molecule has 1 aromatic carbocycles. The van der Waals surface area contributed by atoms with Gasteiger partial charge in [0, 0.05) is 10.8 Å². The van der Waals surface area contributed by atoms with Crippen molar-refractivity contribution >= 4 is 24.2 Å². The van der Waals surface area contributed by atoms with E-state index in [2.05, 4.69) is 12.6 Å². The topological polar surface area (TPSA) is 9.23 Å². The molecule has 0 fully saturated rings. The molecule has 12 heavy (non-hydrogen) atoms. The third kappa shape index (κ3) is 3.05. The maximum Gasteiger partial charge on any atom is 0.0731 e. The van der Waals surface area contributed by atoms with Crippen LogP contribution in [0.3, 0.4) is 0 Å². The molecule has 0 bridgehead atoms. The highest BCUT2D eigenvalue weighted by Crippen LogP contribution is 2.15. The zero-order valence-electron chi connectivity index (χ0n) is 6.66. The van der Waals surface area contributed by atoms with Crippen LogP contribution in [0.1, 0.15) is 5.56 Å². The largest absolute Gasteiger partial charge is 0.376 e. The van der Waals surface area contributed by atoms with E-state index in [-0.39, 0.29) is 0 Å². The highest BCUT2D eigenvalue weighted by Gasteiger charge is 1.97. The smallest absolute Gasteiger partial charge is 0.0731 e. The van der Waals surface area contributed by atoms with E-state index in [1.165, 1.54) is 0 Å². The van der Waals surface area contributed by atoms with E-state index < -0.39 is 0 Å². The molecule has 0 radical (unpaired) electrons. The molecule has 0 amide bonds. The highest BCUT2D eigenvalue weighted by molar-refractivity contribution is 7.80. The van der Waals surface area contributed by atoms with Crippen molar-refractivity contribution in [2.75, 3.05) is 12.4 Å². The average Bonchev–Trinajstić information content (AvgIpc) is 2.09. The average molecular weight is 203 g/mol. The van der Waals surface area contributed by atoms with Gasteiger partial charge in [-0.1, -0.05) is 29.8 Å². The van der Waals surface area contributed by atoms with Gasteiger partial charge in [-0.15, -0.1) is 0 Å². The van der Waals surface area contributed by atoms with Crippen molar-refractivity contribution in [1.29, 1.82) is 0 Å². The van der Waals surface area contributed by atoms with E-state index in [0.29, 0.717) is 13.2 Å².